The lowest BCUT2D eigenvalue weighted by molar-refractivity contribution is -0.120. The average molecular weight is 329 g/mol. The highest BCUT2D eigenvalue weighted by Gasteiger charge is 2.19. The third-order valence-corrected chi connectivity index (χ3v) is 3.10. The molecule has 0 saturated heterocycles. The maximum absolute atomic E-state index is 11.3. The van der Waals surface area contributed by atoms with Crippen molar-refractivity contribution < 1.29 is 4.79 Å². The van der Waals surface area contributed by atoms with Crippen LogP contribution in [0.15, 0.2) is 10.7 Å². The Hall–Kier alpha value is -1.17. The normalized spacial score (nSPS) is 11.3. The van der Waals surface area contributed by atoms with Crippen molar-refractivity contribution in [2.24, 2.45) is 0 Å². The molecule has 0 fully saturated rings. The summed E-state index contributed by atoms with van der Waals surface area (Å²) in [6, 6.07) is 1.86. The van der Waals surface area contributed by atoms with Crippen LogP contribution in [0.5, 0.6) is 0 Å². The predicted molar refractivity (Wildman–Crippen MR) is 80.4 cm³/mol. The molecule has 0 unspecified atom stereocenters. The second kappa shape index (κ2) is 6.32. The van der Waals surface area contributed by atoms with Crippen LogP contribution >= 0.6 is 15.9 Å². The van der Waals surface area contributed by atoms with Crippen molar-refractivity contribution in [3.63, 3.8) is 0 Å². The molecule has 1 rings (SSSR count). The molecule has 0 atom stereocenters. The number of amides is 1. The van der Waals surface area contributed by atoms with Crippen molar-refractivity contribution >= 4 is 27.7 Å². The summed E-state index contributed by atoms with van der Waals surface area (Å²) in [5.74, 6) is 1.62. The fourth-order valence-electron chi connectivity index (χ4n) is 1.45. The summed E-state index contributed by atoms with van der Waals surface area (Å²) < 4.78 is 0.759. The molecular weight excluding hydrogens is 308 g/mol. The molecule has 0 aliphatic rings. The molecule has 106 valence electrons. The van der Waals surface area contributed by atoms with Crippen LogP contribution in [-0.4, -0.2) is 36.5 Å². The summed E-state index contributed by atoms with van der Waals surface area (Å²) >= 11 is 3.41. The first-order chi connectivity index (χ1) is 8.74. The lowest BCUT2D eigenvalue weighted by Gasteiger charge is -2.22. The predicted octanol–water partition coefficient (Wildman–Crippen LogP) is 2.11. The largest absolute Gasteiger partial charge is 0.359 e. The van der Waals surface area contributed by atoms with Gasteiger partial charge >= 0.3 is 0 Å². The highest BCUT2D eigenvalue weighted by atomic mass is 79.9. The highest BCUT2D eigenvalue weighted by molar-refractivity contribution is 9.10. The second-order valence-electron chi connectivity index (χ2n) is 5.47. The van der Waals surface area contributed by atoms with E-state index in [-0.39, 0.29) is 11.3 Å². The molecule has 5 nitrogen and oxygen atoms in total. The zero-order valence-corrected chi connectivity index (χ0v) is 13.7. The molecule has 1 N–H and O–H groups in total. The van der Waals surface area contributed by atoms with Crippen LogP contribution < -0.4 is 10.2 Å². The Balaban J connectivity index is 2.88. The summed E-state index contributed by atoms with van der Waals surface area (Å²) in [6.07, 6.45) is 0.444. The van der Waals surface area contributed by atoms with E-state index in [9.17, 15) is 4.79 Å². The fraction of sp³-hybridized carbons (Fsp3) is 0.615. The van der Waals surface area contributed by atoms with E-state index in [2.05, 4.69) is 52.0 Å². The molecule has 0 aliphatic heterocycles. The number of nitrogens with one attached hydrogen (secondary N) is 1. The van der Waals surface area contributed by atoms with Gasteiger partial charge in [0.25, 0.3) is 0 Å². The first kappa shape index (κ1) is 15.9. The van der Waals surface area contributed by atoms with Gasteiger partial charge in [0.05, 0.1) is 0 Å². The molecule has 6 heteroatoms. The molecule has 0 bridgehead atoms. The van der Waals surface area contributed by atoms with Gasteiger partial charge in [-0.1, -0.05) is 20.8 Å². The lowest BCUT2D eigenvalue weighted by atomic mass is 9.96. The van der Waals surface area contributed by atoms with E-state index in [1.165, 1.54) is 0 Å². The summed E-state index contributed by atoms with van der Waals surface area (Å²) in [7, 11) is 3.56. The second-order valence-corrected chi connectivity index (χ2v) is 6.28. The number of rotatable bonds is 4. The molecule has 19 heavy (non-hydrogen) atoms. The molecule has 0 radical (unpaired) electrons. The van der Waals surface area contributed by atoms with E-state index >= 15 is 0 Å². The Morgan fingerprint density at radius 1 is 1.42 bits per heavy atom. The summed E-state index contributed by atoms with van der Waals surface area (Å²) in [6.45, 7) is 6.84. The Morgan fingerprint density at radius 2 is 2.05 bits per heavy atom. The Kier molecular flexibility index (Phi) is 5.29. The molecule has 0 saturated carbocycles. The zero-order chi connectivity index (χ0) is 14.6. The Morgan fingerprint density at radius 3 is 2.58 bits per heavy atom. The fourth-order valence-corrected chi connectivity index (χ4v) is 1.82. The van der Waals surface area contributed by atoms with Crippen molar-refractivity contribution in [1.29, 1.82) is 0 Å². The van der Waals surface area contributed by atoms with Crippen LogP contribution in [0.3, 0.4) is 0 Å². The molecule has 1 amide bonds. The lowest BCUT2D eigenvalue weighted by Crippen LogP contribution is -2.28. The molecule has 0 spiro atoms. The van der Waals surface area contributed by atoms with Crippen molar-refractivity contribution in [2.75, 3.05) is 25.5 Å². The van der Waals surface area contributed by atoms with Crippen molar-refractivity contribution in [3.05, 3.63) is 16.5 Å². The van der Waals surface area contributed by atoms with Gasteiger partial charge in [-0.2, -0.15) is 0 Å². The van der Waals surface area contributed by atoms with Gasteiger partial charge in [0.1, 0.15) is 16.2 Å². The average Bonchev–Trinajstić information content (AvgIpc) is 2.33. The maximum Gasteiger partial charge on any atom is 0.221 e. The molecular formula is C13H21BrN4O. The minimum Gasteiger partial charge on any atom is -0.359 e. The summed E-state index contributed by atoms with van der Waals surface area (Å²) in [5.41, 5.74) is -0.111. The van der Waals surface area contributed by atoms with Gasteiger partial charge < -0.3 is 10.2 Å². The van der Waals surface area contributed by atoms with Gasteiger partial charge in [0.2, 0.25) is 5.91 Å². The van der Waals surface area contributed by atoms with Crippen molar-refractivity contribution in [2.45, 2.75) is 32.6 Å². The van der Waals surface area contributed by atoms with E-state index in [0.717, 1.165) is 16.2 Å². The topological polar surface area (TPSA) is 58.1 Å². The van der Waals surface area contributed by atoms with Gasteiger partial charge in [-0.3, -0.25) is 4.79 Å². The maximum atomic E-state index is 11.3. The molecule has 1 aromatic heterocycles. The molecule has 1 heterocycles. The number of aromatic nitrogens is 2. The van der Waals surface area contributed by atoms with Crippen molar-refractivity contribution in [3.8, 4) is 0 Å². The number of hydrogen-bond donors (Lipinski definition) is 1. The van der Waals surface area contributed by atoms with Crippen LogP contribution in [0.1, 0.15) is 33.0 Å². The minimum absolute atomic E-state index is 0.0241. The summed E-state index contributed by atoms with van der Waals surface area (Å²) in [4.78, 5) is 22.2. The monoisotopic (exact) mass is 328 g/mol. The number of nitrogens with zero attached hydrogens (tertiary/aromatic N) is 3. The minimum atomic E-state index is -0.111. The Labute approximate surface area is 122 Å². The molecule has 1 aromatic rings. The van der Waals surface area contributed by atoms with Gasteiger partial charge in [0, 0.05) is 38.5 Å². The Bertz CT molecular complexity index is 456. The van der Waals surface area contributed by atoms with Crippen LogP contribution in [0.25, 0.3) is 0 Å². The standard InChI is InChI=1S/C13H21BrN4O/c1-13(2,3)12-16-9(14)8-10(17-12)18(5)7-6-11(19)15-4/h8H,6-7H2,1-5H3,(H,15,19). The van der Waals surface area contributed by atoms with Gasteiger partial charge in [-0.15, -0.1) is 0 Å². The van der Waals surface area contributed by atoms with Crippen molar-refractivity contribution in [1.82, 2.24) is 15.3 Å². The number of halogens is 1. The van der Waals surface area contributed by atoms with E-state index in [1.54, 1.807) is 7.05 Å². The van der Waals surface area contributed by atoms with Crippen LogP contribution in [-0.2, 0) is 10.2 Å². The van der Waals surface area contributed by atoms with Gasteiger partial charge in [0.15, 0.2) is 0 Å². The quantitative estimate of drug-likeness (QED) is 0.860. The number of hydrogen-bond acceptors (Lipinski definition) is 4. The number of carbonyl (C=O) groups is 1. The van der Waals surface area contributed by atoms with E-state index in [0.29, 0.717) is 13.0 Å². The molecule has 0 aromatic carbocycles. The first-order valence-corrected chi connectivity index (χ1v) is 7.00. The van der Waals surface area contributed by atoms with Crippen LogP contribution in [0, 0.1) is 0 Å². The van der Waals surface area contributed by atoms with E-state index < -0.39 is 0 Å². The van der Waals surface area contributed by atoms with E-state index in [4.69, 9.17) is 0 Å². The van der Waals surface area contributed by atoms with Crippen LogP contribution in [0.2, 0.25) is 0 Å². The van der Waals surface area contributed by atoms with Gasteiger partial charge in [-0.05, 0) is 15.9 Å². The van der Waals surface area contributed by atoms with Gasteiger partial charge in [-0.25, -0.2) is 9.97 Å². The zero-order valence-electron chi connectivity index (χ0n) is 12.1. The third-order valence-electron chi connectivity index (χ3n) is 2.70. The SMILES string of the molecule is CNC(=O)CCN(C)c1cc(Br)nc(C(C)(C)C)n1. The number of anilines is 1. The summed E-state index contributed by atoms with van der Waals surface area (Å²) in [5, 5.41) is 2.61. The number of carbonyl (C=O) groups excluding carboxylic acids is 1. The van der Waals surface area contributed by atoms with Crippen LogP contribution in [0.4, 0.5) is 5.82 Å². The first-order valence-electron chi connectivity index (χ1n) is 6.21. The highest BCUT2D eigenvalue weighted by Crippen LogP contribution is 2.23. The smallest absolute Gasteiger partial charge is 0.221 e. The molecule has 0 aliphatic carbocycles. The van der Waals surface area contributed by atoms with E-state index in [1.807, 2.05) is 18.0 Å². The third kappa shape index (κ3) is 4.78.